The molecule has 0 radical (unpaired) electrons. The molecule has 3 unspecified atom stereocenters. The zero-order chi connectivity index (χ0) is 19.7. The van der Waals surface area contributed by atoms with Crippen molar-refractivity contribution in [2.75, 3.05) is 0 Å². The summed E-state index contributed by atoms with van der Waals surface area (Å²) in [4.78, 5) is 66.4. The Labute approximate surface area is 139 Å². The second-order valence-corrected chi connectivity index (χ2v) is 4.86. The summed E-state index contributed by atoms with van der Waals surface area (Å²) in [5.74, 6) is -8.57. The van der Waals surface area contributed by atoms with Crippen LogP contribution in [0.2, 0.25) is 0 Å². The van der Waals surface area contributed by atoms with Crippen LogP contribution in [-0.2, 0) is 28.8 Å². The smallest absolute Gasteiger partial charge is 0.326 e. The average Bonchev–Trinajstić information content (AvgIpc) is 2.43. The van der Waals surface area contributed by atoms with E-state index < -0.39 is 73.1 Å². The second kappa shape index (κ2) is 9.82. The lowest BCUT2D eigenvalue weighted by Gasteiger charge is -2.21. The largest absolute Gasteiger partial charge is 0.481 e. The van der Waals surface area contributed by atoms with Crippen molar-refractivity contribution < 1.29 is 49.2 Å². The number of hydrogen-bond donors (Lipinski definition) is 7. The quantitative estimate of drug-likeness (QED) is 0.193. The van der Waals surface area contributed by atoms with E-state index in [1.165, 1.54) is 0 Å². The molecule has 8 N–H and O–H groups in total. The van der Waals surface area contributed by atoms with Gasteiger partial charge < -0.3 is 36.8 Å². The number of aliphatic carboxylic acids is 4. The van der Waals surface area contributed by atoms with E-state index >= 15 is 0 Å². The fourth-order valence-electron chi connectivity index (χ4n) is 1.59. The van der Waals surface area contributed by atoms with Gasteiger partial charge in [0.2, 0.25) is 11.8 Å². The molecule has 0 aromatic heterocycles. The summed E-state index contributed by atoms with van der Waals surface area (Å²) in [5, 5.41) is 38.4. The number of amides is 2. The molecule has 0 aromatic carbocycles. The van der Waals surface area contributed by atoms with Crippen LogP contribution in [0.3, 0.4) is 0 Å². The SMILES string of the molecule is NC(CC(=O)O)C(=O)NC(CC(=O)O)C(=O)NC(CC(=O)O)C(=O)O. The summed E-state index contributed by atoms with van der Waals surface area (Å²) >= 11 is 0. The normalized spacial score (nSPS) is 13.8. The zero-order valence-corrected chi connectivity index (χ0v) is 12.7. The molecular weight excluding hydrogens is 346 g/mol. The van der Waals surface area contributed by atoms with Gasteiger partial charge in [-0.15, -0.1) is 0 Å². The maximum atomic E-state index is 12.0. The van der Waals surface area contributed by atoms with Gasteiger partial charge >= 0.3 is 23.9 Å². The number of carbonyl (C=O) groups excluding carboxylic acids is 2. The number of hydrogen-bond acceptors (Lipinski definition) is 7. The van der Waals surface area contributed by atoms with E-state index in [4.69, 9.17) is 26.2 Å². The molecule has 0 saturated carbocycles. The Bertz CT molecular complexity index is 575. The third kappa shape index (κ3) is 8.85. The Morgan fingerprint density at radius 3 is 1.48 bits per heavy atom. The summed E-state index contributed by atoms with van der Waals surface area (Å²) in [6.07, 6.45) is -2.73. The van der Waals surface area contributed by atoms with Crippen LogP contribution in [0.5, 0.6) is 0 Å². The minimum absolute atomic E-state index is 0.788. The third-order valence-electron chi connectivity index (χ3n) is 2.74. The highest BCUT2D eigenvalue weighted by Crippen LogP contribution is 2.00. The van der Waals surface area contributed by atoms with Crippen molar-refractivity contribution in [1.29, 1.82) is 0 Å². The molecule has 0 spiro atoms. The Morgan fingerprint density at radius 1 is 0.680 bits per heavy atom. The highest BCUT2D eigenvalue weighted by atomic mass is 16.4. The molecule has 0 aromatic rings. The fraction of sp³-hybridized carbons (Fsp3) is 0.500. The van der Waals surface area contributed by atoms with Crippen molar-refractivity contribution in [1.82, 2.24) is 10.6 Å². The Balaban J connectivity index is 5.11. The second-order valence-electron chi connectivity index (χ2n) is 4.86. The van der Waals surface area contributed by atoms with Crippen molar-refractivity contribution in [3.05, 3.63) is 0 Å². The van der Waals surface area contributed by atoms with E-state index in [1.807, 2.05) is 5.32 Å². The third-order valence-corrected chi connectivity index (χ3v) is 2.74. The van der Waals surface area contributed by atoms with Gasteiger partial charge in [0.1, 0.15) is 12.1 Å². The summed E-state index contributed by atoms with van der Waals surface area (Å²) in [6, 6.07) is -5.21. The highest BCUT2D eigenvalue weighted by Gasteiger charge is 2.31. The number of nitrogens with two attached hydrogens (primary N) is 1. The first-order chi connectivity index (χ1) is 11.4. The predicted octanol–water partition coefficient (Wildman–Crippen LogP) is -3.21. The van der Waals surface area contributed by atoms with Crippen molar-refractivity contribution in [2.24, 2.45) is 5.73 Å². The topological polar surface area (TPSA) is 233 Å². The van der Waals surface area contributed by atoms with Crippen molar-refractivity contribution >= 4 is 35.7 Å². The fourth-order valence-corrected chi connectivity index (χ4v) is 1.59. The molecule has 0 rings (SSSR count). The molecule has 25 heavy (non-hydrogen) atoms. The van der Waals surface area contributed by atoms with Crippen LogP contribution in [0.4, 0.5) is 0 Å². The molecular formula is C12H17N3O10. The van der Waals surface area contributed by atoms with E-state index in [2.05, 4.69) is 0 Å². The Morgan fingerprint density at radius 2 is 1.08 bits per heavy atom. The van der Waals surface area contributed by atoms with Gasteiger partial charge in [-0.05, 0) is 0 Å². The number of rotatable bonds is 11. The maximum Gasteiger partial charge on any atom is 0.326 e. The lowest BCUT2D eigenvalue weighted by Crippen LogP contribution is -2.55. The van der Waals surface area contributed by atoms with Crippen LogP contribution >= 0.6 is 0 Å². The van der Waals surface area contributed by atoms with Gasteiger partial charge in [0.25, 0.3) is 0 Å². The number of nitrogens with one attached hydrogen (secondary N) is 2. The van der Waals surface area contributed by atoms with Gasteiger partial charge in [-0.3, -0.25) is 24.0 Å². The number of carboxylic acid groups (broad SMARTS) is 4. The van der Waals surface area contributed by atoms with E-state index in [1.54, 1.807) is 5.32 Å². The van der Waals surface area contributed by atoms with Gasteiger partial charge in [-0.2, -0.15) is 0 Å². The molecule has 0 saturated heterocycles. The standard InChI is InChI=1S/C12H17N3O10/c13-4(1-7(16)17)10(22)14-5(2-8(18)19)11(23)15-6(12(24)25)3-9(20)21/h4-6H,1-3,13H2,(H,14,22)(H,15,23)(H,16,17)(H,18,19)(H,20,21)(H,24,25). The summed E-state index contributed by atoms with van der Waals surface area (Å²) in [5.41, 5.74) is 5.27. The Kier molecular flexibility index (Phi) is 8.55. The van der Waals surface area contributed by atoms with Crippen LogP contribution in [0.1, 0.15) is 19.3 Å². The Hall–Kier alpha value is -3.22. The van der Waals surface area contributed by atoms with Crippen LogP contribution in [0, 0.1) is 0 Å². The summed E-state index contributed by atoms with van der Waals surface area (Å²) in [6.45, 7) is 0. The molecule has 0 aliphatic rings. The summed E-state index contributed by atoms with van der Waals surface area (Å²) in [7, 11) is 0. The lowest BCUT2D eigenvalue weighted by molar-refractivity contribution is -0.148. The van der Waals surface area contributed by atoms with Crippen molar-refractivity contribution in [3.8, 4) is 0 Å². The maximum absolute atomic E-state index is 12.0. The first-order valence-electron chi connectivity index (χ1n) is 6.68. The summed E-state index contributed by atoms with van der Waals surface area (Å²) < 4.78 is 0. The minimum atomic E-state index is -1.86. The molecule has 3 atom stereocenters. The monoisotopic (exact) mass is 363 g/mol. The predicted molar refractivity (Wildman–Crippen MR) is 76.2 cm³/mol. The number of carbonyl (C=O) groups is 6. The first kappa shape index (κ1) is 21.8. The van der Waals surface area contributed by atoms with Crippen LogP contribution in [-0.4, -0.2) is 74.2 Å². The van der Waals surface area contributed by atoms with Gasteiger partial charge in [0, 0.05) is 0 Å². The molecule has 0 fully saturated rings. The molecule has 0 bridgehead atoms. The molecule has 13 nitrogen and oxygen atoms in total. The van der Waals surface area contributed by atoms with Crippen LogP contribution in [0.15, 0.2) is 0 Å². The zero-order valence-electron chi connectivity index (χ0n) is 12.7. The van der Waals surface area contributed by atoms with E-state index in [-0.39, 0.29) is 0 Å². The first-order valence-corrected chi connectivity index (χ1v) is 6.68. The van der Waals surface area contributed by atoms with Crippen LogP contribution in [0.25, 0.3) is 0 Å². The number of carboxylic acids is 4. The molecule has 0 aliphatic heterocycles. The molecule has 0 aliphatic carbocycles. The molecule has 13 heteroatoms. The lowest BCUT2D eigenvalue weighted by atomic mass is 10.1. The molecule has 140 valence electrons. The van der Waals surface area contributed by atoms with E-state index in [0.29, 0.717) is 0 Å². The van der Waals surface area contributed by atoms with Gasteiger partial charge in [0.05, 0.1) is 25.3 Å². The van der Waals surface area contributed by atoms with E-state index in [0.717, 1.165) is 0 Å². The highest BCUT2D eigenvalue weighted by molar-refractivity contribution is 5.95. The molecule has 2 amide bonds. The van der Waals surface area contributed by atoms with Crippen molar-refractivity contribution in [2.45, 2.75) is 37.4 Å². The van der Waals surface area contributed by atoms with Crippen LogP contribution < -0.4 is 16.4 Å². The minimum Gasteiger partial charge on any atom is -0.481 e. The van der Waals surface area contributed by atoms with Crippen molar-refractivity contribution in [3.63, 3.8) is 0 Å². The molecule has 0 heterocycles. The van der Waals surface area contributed by atoms with Gasteiger partial charge in [-0.1, -0.05) is 0 Å². The van der Waals surface area contributed by atoms with E-state index in [9.17, 15) is 28.8 Å². The van der Waals surface area contributed by atoms with Gasteiger partial charge in [0.15, 0.2) is 0 Å². The van der Waals surface area contributed by atoms with Gasteiger partial charge in [-0.25, -0.2) is 4.79 Å². The average molecular weight is 363 g/mol.